The summed E-state index contributed by atoms with van der Waals surface area (Å²) >= 11 is 0. The summed E-state index contributed by atoms with van der Waals surface area (Å²) in [6.45, 7) is 6.11. The zero-order chi connectivity index (χ0) is 16.8. The van der Waals surface area contributed by atoms with Gasteiger partial charge in [0.1, 0.15) is 6.04 Å². The van der Waals surface area contributed by atoms with E-state index in [4.69, 9.17) is 0 Å². The van der Waals surface area contributed by atoms with E-state index in [1.807, 2.05) is 32.0 Å². The maximum atomic E-state index is 12.4. The van der Waals surface area contributed by atoms with Gasteiger partial charge in [-0.15, -0.1) is 0 Å². The van der Waals surface area contributed by atoms with Crippen molar-refractivity contribution in [3.8, 4) is 0 Å². The van der Waals surface area contributed by atoms with Crippen LogP contribution in [0.4, 0.5) is 0 Å². The highest BCUT2D eigenvalue weighted by atomic mass is 16.4. The molecule has 23 heavy (non-hydrogen) atoms. The van der Waals surface area contributed by atoms with E-state index in [1.54, 1.807) is 0 Å². The summed E-state index contributed by atoms with van der Waals surface area (Å²) in [4.78, 5) is 25.9. The third kappa shape index (κ3) is 5.06. The highest BCUT2D eigenvalue weighted by molar-refractivity contribution is 5.85. The van der Waals surface area contributed by atoms with Crippen molar-refractivity contribution in [3.05, 3.63) is 35.9 Å². The van der Waals surface area contributed by atoms with Crippen LogP contribution in [0.5, 0.6) is 0 Å². The summed E-state index contributed by atoms with van der Waals surface area (Å²) in [6.07, 6.45) is 1.78. The van der Waals surface area contributed by atoms with Gasteiger partial charge in [0.25, 0.3) is 0 Å². The number of benzene rings is 1. The van der Waals surface area contributed by atoms with Crippen molar-refractivity contribution in [1.29, 1.82) is 0 Å². The van der Waals surface area contributed by atoms with Crippen LogP contribution >= 0.6 is 0 Å². The van der Waals surface area contributed by atoms with Crippen molar-refractivity contribution in [3.63, 3.8) is 0 Å². The Bertz CT molecular complexity index is 530. The van der Waals surface area contributed by atoms with Crippen molar-refractivity contribution >= 4 is 11.9 Å². The number of aliphatic carboxylic acids is 1. The number of rotatable bonds is 6. The Morgan fingerprint density at radius 1 is 1.30 bits per heavy atom. The molecule has 0 spiro atoms. The zero-order valence-corrected chi connectivity index (χ0v) is 13.9. The van der Waals surface area contributed by atoms with Gasteiger partial charge in [-0.25, -0.2) is 4.79 Å². The van der Waals surface area contributed by atoms with E-state index in [1.165, 1.54) is 5.56 Å². The lowest BCUT2D eigenvalue weighted by Crippen LogP contribution is -2.49. The number of hydrogen-bond acceptors (Lipinski definition) is 3. The lowest BCUT2D eigenvalue weighted by atomic mass is 9.95. The first-order valence-corrected chi connectivity index (χ1v) is 8.27. The predicted octanol–water partition coefficient (Wildman–Crippen LogP) is 2.12. The lowest BCUT2D eigenvalue weighted by molar-refractivity contribution is -0.144. The number of carboxylic acids is 1. The molecular weight excluding hydrogens is 292 g/mol. The van der Waals surface area contributed by atoms with Gasteiger partial charge in [0, 0.05) is 13.1 Å². The molecule has 1 heterocycles. The number of carbonyl (C=O) groups excluding carboxylic acids is 1. The molecule has 2 rings (SSSR count). The molecule has 1 aliphatic heterocycles. The van der Waals surface area contributed by atoms with Crippen LogP contribution in [0.1, 0.15) is 32.3 Å². The fraction of sp³-hybridized carbons (Fsp3) is 0.556. The van der Waals surface area contributed by atoms with Crippen molar-refractivity contribution in [2.75, 3.05) is 13.1 Å². The number of carbonyl (C=O) groups is 2. The van der Waals surface area contributed by atoms with Crippen molar-refractivity contribution in [2.45, 2.75) is 39.3 Å². The normalized spacial score (nSPS) is 20.2. The van der Waals surface area contributed by atoms with Gasteiger partial charge in [-0.05, 0) is 30.9 Å². The Balaban J connectivity index is 1.92. The van der Waals surface area contributed by atoms with Crippen LogP contribution in [0.2, 0.25) is 0 Å². The van der Waals surface area contributed by atoms with Crippen molar-refractivity contribution in [1.82, 2.24) is 10.2 Å². The van der Waals surface area contributed by atoms with E-state index in [-0.39, 0.29) is 17.7 Å². The third-order valence-electron chi connectivity index (χ3n) is 4.36. The molecule has 0 radical (unpaired) electrons. The number of piperidine rings is 1. The minimum Gasteiger partial charge on any atom is -0.480 e. The summed E-state index contributed by atoms with van der Waals surface area (Å²) in [5.41, 5.74) is 1.24. The number of likely N-dealkylation sites (tertiary alicyclic amines) is 1. The third-order valence-corrected chi connectivity index (χ3v) is 4.36. The molecule has 5 nitrogen and oxygen atoms in total. The van der Waals surface area contributed by atoms with Gasteiger partial charge in [-0.3, -0.25) is 9.69 Å². The van der Waals surface area contributed by atoms with Crippen LogP contribution in [0.15, 0.2) is 30.3 Å². The summed E-state index contributed by atoms with van der Waals surface area (Å²) in [6, 6.07) is 9.39. The average Bonchev–Trinajstić information content (AvgIpc) is 2.53. The summed E-state index contributed by atoms with van der Waals surface area (Å²) in [5.74, 6) is -1.36. The predicted molar refractivity (Wildman–Crippen MR) is 88.8 cm³/mol. The topological polar surface area (TPSA) is 69.6 Å². The fourth-order valence-corrected chi connectivity index (χ4v) is 3.04. The molecule has 1 fully saturated rings. The van der Waals surface area contributed by atoms with E-state index in [2.05, 4.69) is 22.3 Å². The molecule has 2 atom stereocenters. The van der Waals surface area contributed by atoms with Crippen LogP contribution < -0.4 is 5.32 Å². The average molecular weight is 318 g/mol. The Kier molecular flexibility index (Phi) is 6.16. The summed E-state index contributed by atoms with van der Waals surface area (Å²) in [7, 11) is 0. The first-order valence-electron chi connectivity index (χ1n) is 8.27. The fourth-order valence-electron chi connectivity index (χ4n) is 3.04. The van der Waals surface area contributed by atoms with Crippen LogP contribution in [0.25, 0.3) is 0 Å². The Morgan fingerprint density at radius 2 is 2.00 bits per heavy atom. The largest absolute Gasteiger partial charge is 0.480 e. The molecule has 0 saturated carbocycles. The molecule has 126 valence electrons. The molecule has 1 amide bonds. The molecule has 1 unspecified atom stereocenters. The number of hydrogen-bond donors (Lipinski definition) is 2. The number of nitrogens with zero attached hydrogens (tertiary/aromatic N) is 1. The molecule has 1 aliphatic rings. The molecule has 0 bridgehead atoms. The van der Waals surface area contributed by atoms with Gasteiger partial charge in [0.15, 0.2) is 0 Å². The number of amides is 1. The molecule has 1 saturated heterocycles. The molecule has 1 aromatic carbocycles. The van der Waals surface area contributed by atoms with E-state index >= 15 is 0 Å². The van der Waals surface area contributed by atoms with E-state index in [9.17, 15) is 14.7 Å². The van der Waals surface area contributed by atoms with Gasteiger partial charge in [-0.1, -0.05) is 44.2 Å². The van der Waals surface area contributed by atoms with Gasteiger partial charge >= 0.3 is 5.97 Å². The second-order valence-corrected chi connectivity index (χ2v) is 6.63. The van der Waals surface area contributed by atoms with Gasteiger partial charge in [0.2, 0.25) is 5.91 Å². The van der Waals surface area contributed by atoms with Crippen molar-refractivity contribution in [2.24, 2.45) is 11.8 Å². The molecule has 0 aromatic heterocycles. The smallest absolute Gasteiger partial charge is 0.326 e. The summed E-state index contributed by atoms with van der Waals surface area (Å²) < 4.78 is 0. The Morgan fingerprint density at radius 3 is 2.61 bits per heavy atom. The van der Waals surface area contributed by atoms with Gasteiger partial charge in [-0.2, -0.15) is 0 Å². The first kappa shape index (κ1) is 17.5. The van der Waals surface area contributed by atoms with E-state index in [0.29, 0.717) is 6.54 Å². The molecule has 5 heteroatoms. The second kappa shape index (κ2) is 8.11. The van der Waals surface area contributed by atoms with Crippen LogP contribution in [0, 0.1) is 11.8 Å². The molecule has 1 aromatic rings. The minimum atomic E-state index is -0.967. The second-order valence-electron chi connectivity index (χ2n) is 6.63. The summed E-state index contributed by atoms with van der Waals surface area (Å²) in [5, 5.41) is 11.9. The maximum absolute atomic E-state index is 12.4. The number of nitrogens with one attached hydrogen (secondary N) is 1. The maximum Gasteiger partial charge on any atom is 0.326 e. The first-order chi connectivity index (χ1) is 11.0. The molecular formula is C18H26N2O3. The Hall–Kier alpha value is -1.88. The zero-order valence-electron chi connectivity index (χ0n) is 13.9. The molecule has 2 N–H and O–H groups in total. The van der Waals surface area contributed by atoms with Gasteiger partial charge in [0.05, 0.1) is 5.92 Å². The van der Waals surface area contributed by atoms with Crippen LogP contribution in [0.3, 0.4) is 0 Å². The van der Waals surface area contributed by atoms with Crippen LogP contribution in [-0.2, 0) is 16.1 Å². The van der Waals surface area contributed by atoms with E-state index < -0.39 is 12.0 Å². The Labute approximate surface area is 137 Å². The monoisotopic (exact) mass is 318 g/mol. The minimum absolute atomic E-state index is 0.125. The van der Waals surface area contributed by atoms with Crippen LogP contribution in [-0.4, -0.2) is 41.0 Å². The lowest BCUT2D eigenvalue weighted by Gasteiger charge is -2.33. The standard InChI is InChI=1S/C18H26N2O3/c1-13(2)16(18(22)23)19-17(21)15-9-6-10-20(12-15)11-14-7-4-3-5-8-14/h3-5,7-8,13,15-16H,6,9-12H2,1-2H3,(H,19,21)(H,22,23)/t15?,16-/m0/s1. The quantitative estimate of drug-likeness (QED) is 0.843. The number of carboxylic acid groups (broad SMARTS) is 1. The van der Waals surface area contributed by atoms with Crippen molar-refractivity contribution < 1.29 is 14.7 Å². The highest BCUT2D eigenvalue weighted by Crippen LogP contribution is 2.19. The molecule has 0 aliphatic carbocycles. The SMILES string of the molecule is CC(C)[C@H](NC(=O)C1CCCN(Cc2ccccc2)C1)C(=O)O. The van der Waals surface area contributed by atoms with Gasteiger partial charge < -0.3 is 10.4 Å². The highest BCUT2D eigenvalue weighted by Gasteiger charge is 2.30. The van der Waals surface area contributed by atoms with E-state index in [0.717, 1.165) is 25.9 Å².